The molecule has 2 aromatic heterocycles. The summed E-state index contributed by atoms with van der Waals surface area (Å²) in [5.41, 5.74) is 3.04. The first-order valence-electron chi connectivity index (χ1n) is 7.19. The van der Waals surface area contributed by atoms with Gasteiger partial charge in [-0.05, 0) is 56.8 Å². The maximum absolute atomic E-state index is 5.39. The van der Waals surface area contributed by atoms with Crippen molar-refractivity contribution in [3.8, 4) is 11.5 Å². The van der Waals surface area contributed by atoms with Crippen LogP contribution in [0.4, 0.5) is 0 Å². The normalized spacial score (nSPS) is 16.5. The van der Waals surface area contributed by atoms with Crippen LogP contribution in [0.15, 0.2) is 16.8 Å². The minimum Gasteiger partial charge on any atom is -0.339 e. The van der Waals surface area contributed by atoms with E-state index in [1.54, 1.807) is 0 Å². The van der Waals surface area contributed by atoms with Crippen LogP contribution in [0.5, 0.6) is 0 Å². The Kier molecular flexibility index (Phi) is 3.78. The van der Waals surface area contributed by atoms with Gasteiger partial charge < -0.3 is 9.84 Å². The molecule has 1 aliphatic heterocycles. The summed E-state index contributed by atoms with van der Waals surface area (Å²) in [6.07, 6.45) is 5.07. The summed E-state index contributed by atoms with van der Waals surface area (Å²) in [5.74, 6) is 1.98. The number of piperidine rings is 1. The Hall–Kier alpha value is -1.75. The van der Waals surface area contributed by atoms with Crippen molar-refractivity contribution in [3.05, 3.63) is 29.3 Å². The van der Waals surface area contributed by atoms with E-state index in [4.69, 9.17) is 4.52 Å². The van der Waals surface area contributed by atoms with Crippen molar-refractivity contribution < 1.29 is 4.52 Å². The zero-order valence-electron chi connectivity index (χ0n) is 12.0. The summed E-state index contributed by atoms with van der Waals surface area (Å²) in [5, 5.41) is 7.45. The summed E-state index contributed by atoms with van der Waals surface area (Å²) < 4.78 is 5.39. The van der Waals surface area contributed by atoms with Gasteiger partial charge >= 0.3 is 0 Å². The molecule has 0 spiro atoms. The number of pyridine rings is 1. The van der Waals surface area contributed by atoms with E-state index >= 15 is 0 Å². The van der Waals surface area contributed by atoms with Crippen LogP contribution in [0.1, 0.15) is 29.9 Å². The molecule has 3 heterocycles. The van der Waals surface area contributed by atoms with Crippen molar-refractivity contribution in [3.63, 3.8) is 0 Å². The van der Waals surface area contributed by atoms with Gasteiger partial charge in [-0.15, -0.1) is 0 Å². The average Bonchev–Trinajstić information content (AvgIpc) is 2.88. The third-order valence-electron chi connectivity index (χ3n) is 3.82. The van der Waals surface area contributed by atoms with E-state index in [0.717, 1.165) is 42.2 Å². The van der Waals surface area contributed by atoms with E-state index in [2.05, 4.69) is 26.5 Å². The van der Waals surface area contributed by atoms with Gasteiger partial charge in [0.25, 0.3) is 0 Å². The van der Waals surface area contributed by atoms with Gasteiger partial charge in [-0.1, -0.05) is 11.2 Å². The van der Waals surface area contributed by atoms with Crippen LogP contribution >= 0.6 is 0 Å². The number of nitrogens with zero attached hydrogens (tertiary/aromatic N) is 3. The van der Waals surface area contributed by atoms with Crippen LogP contribution < -0.4 is 5.32 Å². The molecule has 20 heavy (non-hydrogen) atoms. The van der Waals surface area contributed by atoms with Gasteiger partial charge in [-0.2, -0.15) is 4.98 Å². The minimum absolute atomic E-state index is 0.603. The summed E-state index contributed by atoms with van der Waals surface area (Å²) in [6, 6.07) is 2.09. The van der Waals surface area contributed by atoms with Gasteiger partial charge in [-0.3, -0.25) is 4.98 Å². The molecule has 0 bridgehead atoms. The molecule has 0 atom stereocenters. The first-order valence-corrected chi connectivity index (χ1v) is 7.19. The summed E-state index contributed by atoms with van der Waals surface area (Å²) in [4.78, 5) is 8.92. The number of hydrogen-bond donors (Lipinski definition) is 1. The van der Waals surface area contributed by atoms with Gasteiger partial charge in [0.1, 0.15) is 5.69 Å². The van der Waals surface area contributed by atoms with E-state index in [9.17, 15) is 0 Å². The Balaban J connectivity index is 1.75. The van der Waals surface area contributed by atoms with E-state index < -0.39 is 0 Å². The van der Waals surface area contributed by atoms with Crippen molar-refractivity contribution in [1.29, 1.82) is 0 Å². The highest BCUT2D eigenvalue weighted by Gasteiger charge is 2.18. The standard InChI is InChI=1S/C15H20N4O/c1-10-7-11(2)14(17-9-10)15-18-13(20-19-15)8-12-3-5-16-6-4-12/h7,9,12,16H,3-6,8H2,1-2H3. The van der Waals surface area contributed by atoms with Crippen LogP contribution in [0.25, 0.3) is 11.5 Å². The zero-order valence-corrected chi connectivity index (χ0v) is 12.0. The van der Waals surface area contributed by atoms with Crippen molar-refractivity contribution in [2.45, 2.75) is 33.1 Å². The van der Waals surface area contributed by atoms with E-state index in [-0.39, 0.29) is 0 Å². The van der Waals surface area contributed by atoms with Gasteiger partial charge in [0.2, 0.25) is 11.7 Å². The molecule has 1 saturated heterocycles. The van der Waals surface area contributed by atoms with Crippen LogP contribution in [0.3, 0.4) is 0 Å². The fourth-order valence-corrected chi connectivity index (χ4v) is 2.72. The molecule has 1 fully saturated rings. The average molecular weight is 272 g/mol. The lowest BCUT2D eigenvalue weighted by Crippen LogP contribution is -2.28. The van der Waals surface area contributed by atoms with Crippen molar-refractivity contribution in [2.75, 3.05) is 13.1 Å². The maximum Gasteiger partial charge on any atom is 0.227 e. The summed E-state index contributed by atoms with van der Waals surface area (Å²) in [6.45, 7) is 6.23. The van der Waals surface area contributed by atoms with E-state index in [1.807, 2.05) is 20.0 Å². The van der Waals surface area contributed by atoms with Crippen molar-refractivity contribution in [1.82, 2.24) is 20.4 Å². The van der Waals surface area contributed by atoms with Crippen molar-refractivity contribution in [2.24, 2.45) is 5.92 Å². The smallest absolute Gasteiger partial charge is 0.227 e. The highest BCUT2D eigenvalue weighted by molar-refractivity contribution is 5.53. The summed E-state index contributed by atoms with van der Waals surface area (Å²) in [7, 11) is 0. The molecular weight excluding hydrogens is 252 g/mol. The van der Waals surface area contributed by atoms with Crippen molar-refractivity contribution >= 4 is 0 Å². The fourth-order valence-electron chi connectivity index (χ4n) is 2.72. The molecule has 0 aliphatic carbocycles. The maximum atomic E-state index is 5.39. The molecule has 106 valence electrons. The second-order valence-electron chi connectivity index (χ2n) is 5.59. The molecule has 0 unspecified atom stereocenters. The first kappa shape index (κ1) is 13.2. The first-order chi connectivity index (χ1) is 9.72. The number of nitrogens with one attached hydrogen (secondary N) is 1. The van der Waals surface area contributed by atoms with E-state index in [0.29, 0.717) is 11.7 Å². The topological polar surface area (TPSA) is 63.8 Å². The van der Waals surface area contributed by atoms with Gasteiger partial charge in [-0.25, -0.2) is 0 Å². The molecule has 1 N–H and O–H groups in total. The Bertz CT molecular complexity index is 587. The van der Waals surface area contributed by atoms with E-state index in [1.165, 1.54) is 12.8 Å². The van der Waals surface area contributed by atoms with Gasteiger partial charge in [0.05, 0.1) is 0 Å². The monoisotopic (exact) mass is 272 g/mol. The highest BCUT2D eigenvalue weighted by atomic mass is 16.5. The third kappa shape index (κ3) is 2.88. The van der Waals surface area contributed by atoms with Crippen LogP contribution in [-0.4, -0.2) is 28.2 Å². The molecule has 0 aromatic carbocycles. The lowest BCUT2D eigenvalue weighted by atomic mass is 9.95. The predicted molar refractivity (Wildman–Crippen MR) is 76.3 cm³/mol. The molecule has 2 aromatic rings. The fraction of sp³-hybridized carbons (Fsp3) is 0.533. The van der Waals surface area contributed by atoms with Gasteiger partial charge in [0.15, 0.2) is 0 Å². The lowest BCUT2D eigenvalue weighted by molar-refractivity contribution is 0.313. The Labute approximate surface area is 118 Å². The Morgan fingerprint density at radius 1 is 1.30 bits per heavy atom. The second kappa shape index (κ2) is 5.71. The highest BCUT2D eigenvalue weighted by Crippen LogP contribution is 2.21. The number of rotatable bonds is 3. The molecular formula is C15H20N4O. The zero-order chi connectivity index (χ0) is 13.9. The molecule has 1 aliphatic rings. The largest absolute Gasteiger partial charge is 0.339 e. The minimum atomic E-state index is 0.603. The van der Waals surface area contributed by atoms with Crippen LogP contribution in [-0.2, 0) is 6.42 Å². The molecule has 0 saturated carbocycles. The molecule has 0 radical (unpaired) electrons. The Morgan fingerprint density at radius 2 is 2.10 bits per heavy atom. The molecule has 0 amide bonds. The number of aromatic nitrogens is 3. The predicted octanol–water partition coefficient (Wildman–Crippen LogP) is 2.29. The Morgan fingerprint density at radius 3 is 2.85 bits per heavy atom. The third-order valence-corrected chi connectivity index (χ3v) is 3.82. The van der Waals surface area contributed by atoms with Crippen LogP contribution in [0.2, 0.25) is 0 Å². The lowest BCUT2D eigenvalue weighted by Gasteiger charge is -2.20. The molecule has 5 nitrogen and oxygen atoms in total. The second-order valence-corrected chi connectivity index (χ2v) is 5.59. The molecule has 3 rings (SSSR count). The summed E-state index contributed by atoms with van der Waals surface area (Å²) >= 11 is 0. The van der Waals surface area contributed by atoms with Crippen LogP contribution in [0, 0.1) is 19.8 Å². The number of hydrogen-bond acceptors (Lipinski definition) is 5. The molecule has 5 heteroatoms. The number of aryl methyl sites for hydroxylation is 2. The quantitative estimate of drug-likeness (QED) is 0.928. The van der Waals surface area contributed by atoms with Gasteiger partial charge in [0, 0.05) is 12.6 Å². The SMILES string of the molecule is Cc1cnc(-c2noc(CC3CCNCC3)n2)c(C)c1.